The molecule has 0 aliphatic rings. The molecule has 0 aromatic carbocycles. The van der Waals surface area contributed by atoms with E-state index in [4.69, 9.17) is 0 Å². The van der Waals surface area contributed by atoms with E-state index in [1.54, 1.807) is 0 Å². The normalized spacial score (nSPS) is 10.8. The van der Waals surface area contributed by atoms with Gasteiger partial charge in [0.05, 0.1) is 0 Å². The highest BCUT2D eigenvalue weighted by Gasteiger charge is 2.01. The van der Waals surface area contributed by atoms with Gasteiger partial charge in [-0.25, -0.2) is 0 Å². The number of carbonyl (C=O) groups excluding carboxylic acids is 1. The van der Waals surface area contributed by atoms with E-state index in [-0.39, 0.29) is 0 Å². The number of Topliss-reactive ketones (excluding diaryl/α,β-unsaturated/α-hetero) is 1. The average Bonchev–Trinajstić information content (AvgIpc) is 2.33. The summed E-state index contributed by atoms with van der Waals surface area (Å²) in [4.78, 5) is 13.8. The lowest BCUT2D eigenvalue weighted by atomic mass is 10.0. The molecule has 0 N–H and O–H groups in total. The lowest BCUT2D eigenvalue weighted by molar-refractivity contribution is -0.119. The summed E-state index contributed by atoms with van der Waals surface area (Å²) >= 11 is 0. The van der Waals surface area contributed by atoms with Crippen molar-refractivity contribution >= 4 is 5.78 Å². The fourth-order valence-corrected chi connectivity index (χ4v) is 2.02. The Kier molecular flexibility index (Phi) is 12.4. The van der Waals surface area contributed by atoms with E-state index >= 15 is 0 Å². The summed E-state index contributed by atoms with van der Waals surface area (Å²) in [7, 11) is 4.16. The number of rotatable bonds is 13. The zero-order chi connectivity index (χ0) is 13.6. The summed E-state index contributed by atoms with van der Waals surface area (Å²) < 4.78 is 0. The molecule has 0 aliphatic carbocycles. The molecule has 2 nitrogen and oxygen atoms in total. The summed E-state index contributed by atoms with van der Waals surface area (Å²) in [5.74, 6) is 0.458. The van der Waals surface area contributed by atoms with Crippen molar-refractivity contribution in [2.45, 2.75) is 64.2 Å². The molecule has 0 amide bonds. The SMILES string of the molecule is C=CCCCCCCCC(=O)CCCCN(C)C. The molecule has 0 saturated carbocycles. The summed E-state index contributed by atoms with van der Waals surface area (Å²) in [6, 6.07) is 0. The van der Waals surface area contributed by atoms with Gasteiger partial charge in [0.15, 0.2) is 0 Å². The predicted octanol–water partition coefficient (Wildman–Crippen LogP) is 4.20. The van der Waals surface area contributed by atoms with Crippen LogP contribution in [-0.4, -0.2) is 31.3 Å². The Balaban J connectivity index is 3.19. The van der Waals surface area contributed by atoms with Crippen molar-refractivity contribution in [1.82, 2.24) is 4.90 Å². The molecule has 0 fully saturated rings. The first kappa shape index (κ1) is 17.4. The van der Waals surface area contributed by atoms with Crippen molar-refractivity contribution in [3.8, 4) is 0 Å². The number of allylic oxidation sites excluding steroid dienone is 1. The predicted molar refractivity (Wildman–Crippen MR) is 79.9 cm³/mol. The number of unbranched alkanes of at least 4 members (excludes halogenated alkanes) is 6. The first-order chi connectivity index (χ1) is 8.66. The maximum Gasteiger partial charge on any atom is 0.132 e. The van der Waals surface area contributed by atoms with E-state index in [9.17, 15) is 4.79 Å². The van der Waals surface area contributed by atoms with Crippen molar-refractivity contribution in [3.05, 3.63) is 12.7 Å². The fraction of sp³-hybridized carbons (Fsp3) is 0.812. The van der Waals surface area contributed by atoms with Gasteiger partial charge < -0.3 is 4.90 Å². The topological polar surface area (TPSA) is 20.3 Å². The number of hydrogen-bond donors (Lipinski definition) is 0. The molecule has 0 saturated heterocycles. The van der Waals surface area contributed by atoms with Gasteiger partial charge in [-0.1, -0.05) is 25.3 Å². The molecule has 2 heteroatoms. The second kappa shape index (κ2) is 12.8. The Morgan fingerprint density at radius 2 is 1.50 bits per heavy atom. The van der Waals surface area contributed by atoms with Gasteiger partial charge in [0, 0.05) is 12.8 Å². The standard InChI is InChI=1S/C16H31NO/c1-4-5-6-7-8-9-10-13-16(18)14-11-12-15-17(2)3/h4H,1,5-15H2,2-3H3. The first-order valence-corrected chi connectivity index (χ1v) is 7.44. The Labute approximate surface area is 113 Å². The Hall–Kier alpha value is -0.630. The third-order valence-corrected chi connectivity index (χ3v) is 3.17. The number of nitrogens with zero attached hydrogens (tertiary/aromatic N) is 1. The van der Waals surface area contributed by atoms with E-state index in [0.29, 0.717) is 5.78 Å². The molecule has 0 bridgehead atoms. The second-order valence-electron chi connectivity index (χ2n) is 5.39. The van der Waals surface area contributed by atoms with E-state index in [2.05, 4.69) is 25.6 Å². The molecule has 0 atom stereocenters. The van der Waals surface area contributed by atoms with E-state index in [0.717, 1.165) is 45.1 Å². The largest absolute Gasteiger partial charge is 0.309 e. The monoisotopic (exact) mass is 253 g/mol. The molecular weight excluding hydrogens is 222 g/mol. The molecule has 0 rings (SSSR count). The van der Waals surface area contributed by atoms with Gasteiger partial charge in [-0.2, -0.15) is 0 Å². The maximum atomic E-state index is 11.6. The Bertz CT molecular complexity index is 211. The van der Waals surface area contributed by atoms with Gasteiger partial charge in [0.1, 0.15) is 5.78 Å². The molecule has 0 aromatic rings. The summed E-state index contributed by atoms with van der Waals surface area (Å²) in [5.41, 5.74) is 0. The van der Waals surface area contributed by atoms with Crippen LogP contribution in [0.3, 0.4) is 0 Å². The molecular formula is C16H31NO. The van der Waals surface area contributed by atoms with Gasteiger partial charge in [0.2, 0.25) is 0 Å². The average molecular weight is 253 g/mol. The summed E-state index contributed by atoms with van der Waals surface area (Å²) in [5, 5.41) is 0. The molecule has 18 heavy (non-hydrogen) atoms. The molecule has 0 aliphatic heterocycles. The van der Waals surface area contributed by atoms with Gasteiger partial charge >= 0.3 is 0 Å². The minimum Gasteiger partial charge on any atom is -0.309 e. The molecule has 0 radical (unpaired) electrons. The van der Waals surface area contributed by atoms with Gasteiger partial charge in [-0.05, 0) is 52.7 Å². The van der Waals surface area contributed by atoms with Crippen LogP contribution in [0.2, 0.25) is 0 Å². The molecule has 0 aromatic heterocycles. The summed E-state index contributed by atoms with van der Waals surface area (Å²) in [6.45, 7) is 4.81. The van der Waals surface area contributed by atoms with Crippen LogP contribution in [-0.2, 0) is 4.79 Å². The van der Waals surface area contributed by atoms with Gasteiger partial charge in [-0.3, -0.25) is 4.79 Å². The van der Waals surface area contributed by atoms with Crippen molar-refractivity contribution < 1.29 is 4.79 Å². The molecule has 0 unspecified atom stereocenters. The van der Waals surface area contributed by atoms with Crippen LogP contribution < -0.4 is 0 Å². The molecule has 0 heterocycles. The zero-order valence-electron chi connectivity index (χ0n) is 12.4. The van der Waals surface area contributed by atoms with Crippen molar-refractivity contribution in [3.63, 3.8) is 0 Å². The van der Waals surface area contributed by atoms with Crippen molar-refractivity contribution in [2.24, 2.45) is 0 Å². The smallest absolute Gasteiger partial charge is 0.132 e. The van der Waals surface area contributed by atoms with Crippen LogP contribution in [0.5, 0.6) is 0 Å². The highest BCUT2D eigenvalue weighted by molar-refractivity contribution is 5.78. The Morgan fingerprint density at radius 1 is 0.944 bits per heavy atom. The number of ketones is 1. The third kappa shape index (κ3) is 13.4. The lowest BCUT2D eigenvalue weighted by Gasteiger charge is -2.08. The highest BCUT2D eigenvalue weighted by atomic mass is 16.1. The number of hydrogen-bond acceptors (Lipinski definition) is 2. The summed E-state index contributed by atoms with van der Waals surface area (Å²) in [6.07, 6.45) is 13.0. The third-order valence-electron chi connectivity index (χ3n) is 3.17. The van der Waals surface area contributed by atoms with Crippen LogP contribution in [0.25, 0.3) is 0 Å². The van der Waals surface area contributed by atoms with E-state index < -0.39 is 0 Å². The fourth-order valence-electron chi connectivity index (χ4n) is 2.02. The lowest BCUT2D eigenvalue weighted by Crippen LogP contribution is -2.13. The van der Waals surface area contributed by atoms with E-state index in [1.807, 2.05) is 6.08 Å². The molecule has 0 spiro atoms. The van der Waals surface area contributed by atoms with Crippen LogP contribution in [0.15, 0.2) is 12.7 Å². The zero-order valence-corrected chi connectivity index (χ0v) is 12.4. The minimum atomic E-state index is 0.458. The van der Waals surface area contributed by atoms with Crippen molar-refractivity contribution in [1.29, 1.82) is 0 Å². The minimum absolute atomic E-state index is 0.458. The highest BCUT2D eigenvalue weighted by Crippen LogP contribution is 2.09. The first-order valence-electron chi connectivity index (χ1n) is 7.44. The Morgan fingerprint density at radius 3 is 2.11 bits per heavy atom. The van der Waals surface area contributed by atoms with Crippen LogP contribution in [0.1, 0.15) is 64.2 Å². The van der Waals surface area contributed by atoms with Crippen molar-refractivity contribution in [2.75, 3.05) is 20.6 Å². The van der Waals surface area contributed by atoms with E-state index in [1.165, 1.54) is 25.7 Å². The number of carbonyl (C=O) groups is 1. The second-order valence-corrected chi connectivity index (χ2v) is 5.39. The van der Waals surface area contributed by atoms with Crippen LogP contribution >= 0.6 is 0 Å². The van der Waals surface area contributed by atoms with Crippen LogP contribution in [0.4, 0.5) is 0 Å². The quantitative estimate of drug-likeness (QED) is 0.362. The van der Waals surface area contributed by atoms with Gasteiger partial charge in [0.25, 0.3) is 0 Å². The van der Waals surface area contributed by atoms with Gasteiger partial charge in [-0.15, -0.1) is 6.58 Å². The van der Waals surface area contributed by atoms with Crippen LogP contribution in [0, 0.1) is 0 Å². The molecule has 106 valence electrons. The maximum absolute atomic E-state index is 11.6.